The Labute approximate surface area is 185 Å². The summed E-state index contributed by atoms with van der Waals surface area (Å²) in [7, 11) is -2.01. The summed E-state index contributed by atoms with van der Waals surface area (Å²) in [5.74, 6) is 0.994. The second-order valence-corrected chi connectivity index (χ2v) is 10.1. The zero-order chi connectivity index (χ0) is 22.0. The van der Waals surface area contributed by atoms with Crippen LogP contribution >= 0.6 is 11.8 Å². The summed E-state index contributed by atoms with van der Waals surface area (Å²) < 4.78 is 32.3. The third kappa shape index (κ3) is 5.03. The second-order valence-electron chi connectivity index (χ2n) is 7.43. The Morgan fingerprint density at radius 1 is 1.06 bits per heavy atom. The molecule has 4 rings (SSSR count). The number of amides is 2. The lowest BCUT2D eigenvalue weighted by Gasteiger charge is -2.23. The molecule has 1 aliphatic carbocycles. The fourth-order valence-corrected chi connectivity index (χ4v) is 5.65. The lowest BCUT2D eigenvalue weighted by Crippen LogP contribution is -2.44. The van der Waals surface area contributed by atoms with Gasteiger partial charge >= 0.3 is 0 Å². The van der Waals surface area contributed by atoms with Crippen molar-refractivity contribution in [3.05, 3.63) is 54.1 Å². The summed E-state index contributed by atoms with van der Waals surface area (Å²) in [6.45, 7) is 0. The summed E-state index contributed by atoms with van der Waals surface area (Å²) in [5.41, 5.74) is 0.961. The van der Waals surface area contributed by atoms with Gasteiger partial charge in [0, 0.05) is 23.0 Å². The standard InChI is InChI=1S/C21H23N3O5S2/c1-29-17-8-6-15(7-9-17)22-20(25)19-12-30-13-24(19)21(26)14-2-10-18(11-3-14)31(27,28)23-16-4-5-16/h2-3,6-11,16,19,23H,4-5,12-13H2,1H3,(H,22,25). The molecule has 1 aliphatic heterocycles. The first-order chi connectivity index (χ1) is 14.9. The maximum absolute atomic E-state index is 13.0. The van der Waals surface area contributed by atoms with Crippen LogP contribution in [0.2, 0.25) is 0 Å². The van der Waals surface area contributed by atoms with Gasteiger partial charge in [-0.1, -0.05) is 0 Å². The minimum Gasteiger partial charge on any atom is -0.497 e. The Balaban J connectivity index is 1.43. The van der Waals surface area contributed by atoms with E-state index in [2.05, 4.69) is 10.0 Å². The number of thioether (sulfide) groups is 1. The largest absolute Gasteiger partial charge is 0.497 e. The predicted octanol–water partition coefficient (Wildman–Crippen LogP) is 2.29. The van der Waals surface area contributed by atoms with Crippen LogP contribution in [0.3, 0.4) is 0 Å². The normalized spacial score (nSPS) is 18.6. The molecule has 2 N–H and O–H groups in total. The SMILES string of the molecule is COc1ccc(NC(=O)C2CSCN2C(=O)c2ccc(S(=O)(=O)NC3CC3)cc2)cc1. The number of sulfonamides is 1. The molecule has 10 heteroatoms. The third-order valence-corrected chi connectivity index (χ3v) is 7.66. The Morgan fingerprint density at radius 3 is 2.35 bits per heavy atom. The number of methoxy groups -OCH3 is 1. The van der Waals surface area contributed by atoms with Gasteiger partial charge in [0.25, 0.3) is 5.91 Å². The van der Waals surface area contributed by atoms with E-state index in [1.807, 2.05) is 0 Å². The van der Waals surface area contributed by atoms with Crippen molar-refractivity contribution in [2.45, 2.75) is 29.8 Å². The maximum atomic E-state index is 13.0. The first-order valence-electron chi connectivity index (χ1n) is 9.83. The summed E-state index contributed by atoms with van der Waals surface area (Å²) in [5, 5.41) is 2.84. The smallest absolute Gasteiger partial charge is 0.255 e. The highest BCUT2D eigenvalue weighted by atomic mass is 32.2. The van der Waals surface area contributed by atoms with Crippen molar-refractivity contribution in [2.75, 3.05) is 24.1 Å². The molecule has 1 saturated carbocycles. The number of carbonyl (C=O) groups excluding carboxylic acids is 2. The molecule has 1 unspecified atom stereocenters. The third-order valence-electron chi connectivity index (χ3n) is 5.11. The molecule has 2 aliphatic rings. The molecule has 164 valence electrons. The molecule has 1 heterocycles. The van der Waals surface area contributed by atoms with Crippen LogP contribution < -0.4 is 14.8 Å². The Kier molecular flexibility index (Phi) is 6.22. The molecule has 1 atom stereocenters. The summed E-state index contributed by atoms with van der Waals surface area (Å²) in [4.78, 5) is 27.4. The van der Waals surface area contributed by atoms with Crippen LogP contribution in [0.5, 0.6) is 5.75 Å². The van der Waals surface area contributed by atoms with Crippen LogP contribution in [-0.4, -0.2) is 56.0 Å². The maximum Gasteiger partial charge on any atom is 0.255 e. The van der Waals surface area contributed by atoms with Gasteiger partial charge in [0.1, 0.15) is 11.8 Å². The monoisotopic (exact) mass is 461 g/mol. The molecule has 0 radical (unpaired) electrons. The van der Waals surface area contributed by atoms with Crippen molar-refractivity contribution in [3.63, 3.8) is 0 Å². The number of benzene rings is 2. The lowest BCUT2D eigenvalue weighted by atomic mass is 10.1. The fourth-order valence-electron chi connectivity index (χ4n) is 3.19. The first kappa shape index (κ1) is 21.7. The van der Waals surface area contributed by atoms with Gasteiger partial charge in [-0.15, -0.1) is 11.8 Å². The highest BCUT2D eigenvalue weighted by molar-refractivity contribution is 7.99. The molecule has 8 nitrogen and oxygen atoms in total. The van der Waals surface area contributed by atoms with Crippen LogP contribution in [0.25, 0.3) is 0 Å². The van der Waals surface area contributed by atoms with Crippen LogP contribution in [-0.2, 0) is 14.8 Å². The number of anilines is 1. The summed E-state index contributed by atoms with van der Waals surface area (Å²) in [6, 6.07) is 12.2. The van der Waals surface area contributed by atoms with E-state index in [-0.39, 0.29) is 22.8 Å². The number of hydrogen-bond acceptors (Lipinski definition) is 6. The fraction of sp³-hybridized carbons (Fsp3) is 0.333. The molecule has 2 fully saturated rings. The summed E-state index contributed by atoms with van der Waals surface area (Å²) >= 11 is 1.50. The molecule has 2 amide bonds. The van der Waals surface area contributed by atoms with Gasteiger partial charge in [0.05, 0.1) is 17.9 Å². The second kappa shape index (κ2) is 8.89. The number of ether oxygens (including phenoxy) is 1. The van der Waals surface area contributed by atoms with Crippen molar-refractivity contribution in [3.8, 4) is 5.75 Å². The van der Waals surface area contributed by atoms with E-state index in [1.165, 1.54) is 40.9 Å². The van der Waals surface area contributed by atoms with Crippen LogP contribution in [0.1, 0.15) is 23.2 Å². The number of nitrogens with one attached hydrogen (secondary N) is 2. The van der Waals surface area contributed by atoms with Crippen LogP contribution in [0, 0.1) is 0 Å². The Morgan fingerprint density at radius 2 is 1.74 bits per heavy atom. The molecule has 2 aromatic carbocycles. The molecular formula is C21H23N3O5S2. The van der Waals surface area contributed by atoms with Gasteiger partial charge in [0.2, 0.25) is 15.9 Å². The van der Waals surface area contributed by atoms with Crippen molar-refractivity contribution in [1.82, 2.24) is 9.62 Å². The van der Waals surface area contributed by atoms with Gasteiger partial charge in [-0.2, -0.15) is 0 Å². The summed E-state index contributed by atoms with van der Waals surface area (Å²) in [6.07, 6.45) is 1.70. The number of hydrogen-bond donors (Lipinski definition) is 2. The zero-order valence-electron chi connectivity index (χ0n) is 16.9. The van der Waals surface area contributed by atoms with Crippen molar-refractivity contribution >= 4 is 39.3 Å². The average molecular weight is 462 g/mol. The highest BCUT2D eigenvalue weighted by Crippen LogP contribution is 2.26. The molecule has 31 heavy (non-hydrogen) atoms. The zero-order valence-corrected chi connectivity index (χ0v) is 18.5. The molecule has 0 spiro atoms. The Bertz CT molecular complexity index is 1070. The van der Waals surface area contributed by atoms with E-state index in [0.29, 0.717) is 28.6 Å². The van der Waals surface area contributed by atoms with E-state index in [9.17, 15) is 18.0 Å². The minimum atomic E-state index is -3.57. The molecule has 0 bridgehead atoms. The number of carbonyl (C=O) groups is 2. The van der Waals surface area contributed by atoms with E-state index < -0.39 is 16.1 Å². The van der Waals surface area contributed by atoms with Crippen LogP contribution in [0.15, 0.2) is 53.4 Å². The predicted molar refractivity (Wildman–Crippen MR) is 119 cm³/mol. The minimum absolute atomic E-state index is 0.0119. The number of rotatable bonds is 7. The quantitative estimate of drug-likeness (QED) is 0.656. The highest BCUT2D eigenvalue weighted by Gasteiger charge is 2.35. The molecule has 0 aromatic heterocycles. The molecule has 1 saturated heterocycles. The van der Waals surface area contributed by atoms with Gasteiger partial charge in [-0.25, -0.2) is 13.1 Å². The van der Waals surface area contributed by atoms with Gasteiger partial charge in [-0.05, 0) is 61.4 Å². The van der Waals surface area contributed by atoms with Gasteiger partial charge < -0.3 is 15.0 Å². The van der Waals surface area contributed by atoms with Crippen LogP contribution in [0.4, 0.5) is 5.69 Å². The van der Waals surface area contributed by atoms with Crippen molar-refractivity contribution in [1.29, 1.82) is 0 Å². The van der Waals surface area contributed by atoms with E-state index in [0.717, 1.165) is 12.8 Å². The lowest BCUT2D eigenvalue weighted by molar-refractivity contribution is -0.119. The van der Waals surface area contributed by atoms with Crippen molar-refractivity contribution in [2.24, 2.45) is 0 Å². The first-order valence-corrected chi connectivity index (χ1v) is 12.5. The number of nitrogens with zero attached hydrogens (tertiary/aromatic N) is 1. The molecular weight excluding hydrogens is 438 g/mol. The molecule has 2 aromatic rings. The van der Waals surface area contributed by atoms with E-state index in [1.54, 1.807) is 31.4 Å². The van der Waals surface area contributed by atoms with E-state index >= 15 is 0 Å². The van der Waals surface area contributed by atoms with Gasteiger partial charge in [-0.3, -0.25) is 9.59 Å². The van der Waals surface area contributed by atoms with Crippen molar-refractivity contribution < 1.29 is 22.7 Å². The Hall–Kier alpha value is -2.56. The topological polar surface area (TPSA) is 105 Å². The average Bonchev–Trinajstić information content (AvgIpc) is 3.43. The van der Waals surface area contributed by atoms with E-state index in [4.69, 9.17) is 4.74 Å². The van der Waals surface area contributed by atoms with Gasteiger partial charge in [0.15, 0.2) is 0 Å².